The number of methoxy groups -OCH3 is 1. The summed E-state index contributed by atoms with van der Waals surface area (Å²) in [6, 6.07) is 6.22. The van der Waals surface area contributed by atoms with Gasteiger partial charge < -0.3 is 9.64 Å². The molecule has 1 aliphatic rings. The maximum Gasteiger partial charge on any atom is 0.253 e. The van der Waals surface area contributed by atoms with E-state index in [0.717, 1.165) is 19.5 Å². The van der Waals surface area contributed by atoms with E-state index in [0.29, 0.717) is 17.4 Å². The van der Waals surface area contributed by atoms with Crippen molar-refractivity contribution in [3.05, 3.63) is 29.8 Å². The lowest BCUT2D eigenvalue weighted by molar-refractivity contribution is 0.0623. The summed E-state index contributed by atoms with van der Waals surface area (Å²) in [5, 5.41) is 0. The predicted molar refractivity (Wildman–Crippen MR) is 89.2 cm³/mol. The van der Waals surface area contributed by atoms with E-state index in [1.54, 1.807) is 12.1 Å². The van der Waals surface area contributed by atoms with Crippen LogP contribution in [0.15, 0.2) is 29.2 Å². The Balaban J connectivity index is 2.11. The quantitative estimate of drug-likeness (QED) is 0.825. The molecule has 0 radical (unpaired) electrons. The van der Waals surface area contributed by atoms with Crippen LogP contribution in [0.25, 0.3) is 0 Å². The Hall–Kier alpha value is -1.40. The van der Waals surface area contributed by atoms with Crippen molar-refractivity contribution in [1.29, 1.82) is 0 Å². The van der Waals surface area contributed by atoms with Crippen LogP contribution in [0.5, 0.6) is 0 Å². The smallest absolute Gasteiger partial charge is 0.253 e. The number of ether oxygens (including phenoxy) is 1. The zero-order valence-electron chi connectivity index (χ0n) is 14.0. The van der Waals surface area contributed by atoms with Crippen LogP contribution < -0.4 is 0 Å². The number of nitrogens with zero attached hydrogens (tertiary/aromatic N) is 1. The van der Waals surface area contributed by atoms with Crippen LogP contribution in [0, 0.1) is 11.8 Å². The molecule has 2 rings (SSSR count). The van der Waals surface area contributed by atoms with Crippen molar-refractivity contribution in [2.24, 2.45) is 11.8 Å². The van der Waals surface area contributed by atoms with Crippen LogP contribution in [0.1, 0.15) is 30.6 Å². The number of piperidine rings is 1. The average molecular weight is 339 g/mol. The molecule has 128 valence electrons. The predicted octanol–water partition coefficient (Wildman–Crippen LogP) is 2.22. The van der Waals surface area contributed by atoms with Gasteiger partial charge in [-0.05, 0) is 42.5 Å². The standard InChI is InChI=1S/C17H25NO4S/c1-13-10-14(2)12-18(11-13)17(19)15-4-6-16(7-5-15)23(20,21)9-8-22-3/h4-7,13-14H,8-12H2,1-3H3/t13-,14+. The molecule has 1 aromatic carbocycles. The van der Waals surface area contributed by atoms with Crippen LogP contribution in [0.3, 0.4) is 0 Å². The second-order valence-corrected chi connectivity index (χ2v) is 8.60. The highest BCUT2D eigenvalue weighted by atomic mass is 32.2. The highest BCUT2D eigenvalue weighted by Gasteiger charge is 2.26. The number of hydrogen-bond acceptors (Lipinski definition) is 4. The van der Waals surface area contributed by atoms with E-state index in [9.17, 15) is 13.2 Å². The van der Waals surface area contributed by atoms with Crippen molar-refractivity contribution < 1.29 is 17.9 Å². The summed E-state index contributed by atoms with van der Waals surface area (Å²) in [6.45, 7) is 5.99. The van der Waals surface area contributed by atoms with Crippen LogP contribution in [0.4, 0.5) is 0 Å². The first-order valence-corrected chi connectivity index (χ1v) is 9.59. The first-order valence-electron chi connectivity index (χ1n) is 7.94. The van der Waals surface area contributed by atoms with Gasteiger partial charge in [-0.2, -0.15) is 0 Å². The minimum absolute atomic E-state index is 0.0239. The van der Waals surface area contributed by atoms with Crippen molar-refractivity contribution >= 4 is 15.7 Å². The SMILES string of the molecule is COCCS(=O)(=O)c1ccc(C(=O)N2C[C@H](C)C[C@H](C)C2)cc1. The van der Waals surface area contributed by atoms with Gasteiger partial charge in [-0.3, -0.25) is 4.79 Å². The number of carbonyl (C=O) groups excluding carboxylic acids is 1. The average Bonchev–Trinajstić information content (AvgIpc) is 2.51. The fraction of sp³-hybridized carbons (Fsp3) is 0.588. The molecule has 0 aliphatic carbocycles. The first kappa shape index (κ1) is 17.9. The molecule has 1 aliphatic heterocycles. The third-order valence-corrected chi connectivity index (χ3v) is 5.87. The zero-order chi connectivity index (χ0) is 17.0. The second kappa shape index (κ2) is 7.45. The maximum atomic E-state index is 12.6. The Morgan fingerprint density at radius 3 is 2.26 bits per heavy atom. The molecule has 0 unspecified atom stereocenters. The lowest BCUT2D eigenvalue weighted by Gasteiger charge is -2.35. The Morgan fingerprint density at radius 2 is 1.74 bits per heavy atom. The minimum Gasteiger partial charge on any atom is -0.384 e. The largest absolute Gasteiger partial charge is 0.384 e. The molecule has 1 heterocycles. The van der Waals surface area contributed by atoms with Crippen LogP contribution in [-0.2, 0) is 14.6 Å². The zero-order valence-corrected chi connectivity index (χ0v) is 14.8. The molecule has 1 saturated heterocycles. The monoisotopic (exact) mass is 339 g/mol. The fourth-order valence-electron chi connectivity index (χ4n) is 3.13. The number of amides is 1. The van der Waals surface area contributed by atoms with Crippen molar-refractivity contribution in [3.8, 4) is 0 Å². The molecule has 0 spiro atoms. The summed E-state index contributed by atoms with van der Waals surface area (Å²) < 4.78 is 29.0. The molecule has 0 N–H and O–H groups in total. The van der Waals surface area contributed by atoms with Gasteiger partial charge in [0.1, 0.15) is 0 Å². The van der Waals surface area contributed by atoms with Gasteiger partial charge in [-0.25, -0.2) is 8.42 Å². The summed E-state index contributed by atoms with van der Waals surface area (Å²) in [5.74, 6) is 0.912. The summed E-state index contributed by atoms with van der Waals surface area (Å²) >= 11 is 0. The summed E-state index contributed by atoms with van der Waals surface area (Å²) in [6.07, 6.45) is 1.14. The van der Waals surface area contributed by atoms with Gasteiger partial charge in [0.05, 0.1) is 17.3 Å². The maximum absolute atomic E-state index is 12.6. The van der Waals surface area contributed by atoms with Crippen molar-refractivity contribution in [1.82, 2.24) is 4.90 Å². The third kappa shape index (κ3) is 4.54. The molecule has 1 amide bonds. The molecular formula is C17H25NO4S. The molecule has 2 atom stereocenters. The molecule has 1 aromatic rings. The number of likely N-dealkylation sites (tertiary alicyclic amines) is 1. The molecule has 6 heteroatoms. The van der Waals surface area contributed by atoms with Crippen molar-refractivity contribution in [3.63, 3.8) is 0 Å². The van der Waals surface area contributed by atoms with Gasteiger partial charge in [0, 0.05) is 25.8 Å². The summed E-state index contributed by atoms with van der Waals surface area (Å²) in [4.78, 5) is 14.7. The number of benzene rings is 1. The number of hydrogen-bond donors (Lipinski definition) is 0. The third-order valence-electron chi connectivity index (χ3n) is 4.17. The highest BCUT2D eigenvalue weighted by molar-refractivity contribution is 7.91. The molecule has 5 nitrogen and oxygen atoms in total. The Labute approximate surface area is 138 Å². The van der Waals surface area contributed by atoms with Crippen LogP contribution >= 0.6 is 0 Å². The van der Waals surface area contributed by atoms with Gasteiger partial charge in [-0.15, -0.1) is 0 Å². The second-order valence-electron chi connectivity index (χ2n) is 6.49. The van der Waals surface area contributed by atoms with Crippen LogP contribution in [-0.4, -0.2) is 51.8 Å². The number of carbonyl (C=O) groups is 1. The Bertz CT molecular complexity index is 629. The molecule has 23 heavy (non-hydrogen) atoms. The van der Waals surface area contributed by atoms with E-state index in [1.807, 2.05) is 4.90 Å². The lowest BCUT2D eigenvalue weighted by Crippen LogP contribution is -2.42. The van der Waals surface area contributed by atoms with Crippen molar-refractivity contribution in [2.75, 3.05) is 32.6 Å². The fourth-order valence-corrected chi connectivity index (χ4v) is 4.30. The van der Waals surface area contributed by atoms with Gasteiger partial charge in [0.25, 0.3) is 5.91 Å². The molecule has 1 fully saturated rings. The Morgan fingerprint density at radius 1 is 1.17 bits per heavy atom. The van der Waals surface area contributed by atoms with Gasteiger partial charge in [-0.1, -0.05) is 13.8 Å². The van der Waals surface area contributed by atoms with E-state index >= 15 is 0 Å². The normalized spacial score (nSPS) is 22.1. The van der Waals surface area contributed by atoms with Gasteiger partial charge >= 0.3 is 0 Å². The topological polar surface area (TPSA) is 63.7 Å². The van der Waals surface area contributed by atoms with Crippen molar-refractivity contribution in [2.45, 2.75) is 25.2 Å². The first-order chi connectivity index (χ1) is 10.8. The van der Waals surface area contributed by atoms with Crippen LogP contribution in [0.2, 0.25) is 0 Å². The van der Waals surface area contributed by atoms with E-state index in [-0.39, 0.29) is 23.2 Å². The van der Waals surface area contributed by atoms with E-state index in [2.05, 4.69) is 13.8 Å². The van der Waals surface area contributed by atoms with Gasteiger partial charge in [0.2, 0.25) is 0 Å². The molecule has 0 saturated carbocycles. The summed E-state index contributed by atoms with van der Waals surface area (Å²) in [7, 11) is -1.89. The molecule has 0 bridgehead atoms. The molecular weight excluding hydrogens is 314 g/mol. The van der Waals surface area contributed by atoms with E-state index in [4.69, 9.17) is 4.74 Å². The number of sulfone groups is 1. The Kier molecular flexibility index (Phi) is 5.81. The summed E-state index contributed by atoms with van der Waals surface area (Å²) in [5.41, 5.74) is 0.539. The lowest BCUT2D eigenvalue weighted by atomic mass is 9.91. The van der Waals surface area contributed by atoms with E-state index in [1.165, 1.54) is 19.2 Å². The highest BCUT2D eigenvalue weighted by Crippen LogP contribution is 2.23. The van der Waals surface area contributed by atoms with Gasteiger partial charge in [0.15, 0.2) is 9.84 Å². The van der Waals surface area contributed by atoms with E-state index < -0.39 is 9.84 Å². The molecule has 0 aromatic heterocycles. The minimum atomic E-state index is -3.36. The number of rotatable bonds is 5.